The quantitative estimate of drug-likeness (QED) is 0.688. The molecule has 0 aliphatic carbocycles. The number of alkyl halides is 2. The normalized spacial score (nSPS) is 15.5. The molecule has 7 nitrogen and oxygen atoms in total. The van der Waals surface area contributed by atoms with Crippen LogP contribution in [0.1, 0.15) is 5.69 Å². The van der Waals surface area contributed by atoms with E-state index in [2.05, 4.69) is 24.4 Å². The van der Waals surface area contributed by atoms with Crippen LogP contribution in [0.15, 0.2) is 35.6 Å². The van der Waals surface area contributed by atoms with E-state index in [0.717, 1.165) is 0 Å². The second-order valence-electron chi connectivity index (χ2n) is 5.20. The molecule has 1 unspecified atom stereocenters. The van der Waals surface area contributed by atoms with E-state index >= 15 is 0 Å². The van der Waals surface area contributed by atoms with E-state index in [1.54, 1.807) is 18.3 Å². The zero-order valence-corrected chi connectivity index (χ0v) is 16.6. The molecule has 0 fully saturated rings. The number of aromatic amines is 1. The average Bonchev–Trinajstić information content (AvgIpc) is 3.10. The van der Waals surface area contributed by atoms with Crippen LogP contribution in [0, 0.1) is 0 Å². The number of nitrogens with zero attached hydrogens (tertiary/aromatic N) is 2. The third kappa shape index (κ3) is 3.68. The fraction of sp³-hybridized carbons (Fsp3) is 0.200. The number of benzene rings is 1. The van der Waals surface area contributed by atoms with Gasteiger partial charge in [0.15, 0.2) is 16.7 Å². The van der Waals surface area contributed by atoms with Crippen LogP contribution in [-0.2, 0) is 16.6 Å². The SMILES string of the molecule is COc1ccnc(CS(=O)c2nc3cc4c(cc3[nH]2)OC(F)(F)O4)c1.[Na]. The van der Waals surface area contributed by atoms with Crippen molar-refractivity contribution in [3.63, 3.8) is 0 Å². The molecule has 3 aromatic rings. The first kappa shape index (κ1) is 19.0. The van der Waals surface area contributed by atoms with Gasteiger partial charge in [0.05, 0.1) is 40.4 Å². The first-order chi connectivity index (χ1) is 11.9. The number of methoxy groups -OCH3 is 1. The van der Waals surface area contributed by atoms with Gasteiger partial charge in [-0.2, -0.15) is 0 Å². The molecule has 1 aliphatic heterocycles. The van der Waals surface area contributed by atoms with Crippen LogP contribution in [-0.4, -0.2) is 62.1 Å². The molecule has 0 amide bonds. The summed E-state index contributed by atoms with van der Waals surface area (Å²) in [7, 11) is 0.0257. The maximum atomic E-state index is 13.1. The Morgan fingerprint density at radius 2 is 2.00 bits per heavy atom. The number of fused-ring (bicyclic) bond motifs is 2. The second kappa shape index (κ2) is 7.10. The largest absolute Gasteiger partial charge is 0.586 e. The molecule has 1 aromatic carbocycles. The summed E-state index contributed by atoms with van der Waals surface area (Å²) in [6.07, 6.45) is -2.13. The molecule has 0 saturated heterocycles. The Morgan fingerprint density at radius 3 is 2.73 bits per heavy atom. The second-order valence-corrected chi connectivity index (χ2v) is 6.57. The van der Waals surface area contributed by atoms with Crippen molar-refractivity contribution in [2.75, 3.05) is 7.11 Å². The zero-order valence-electron chi connectivity index (χ0n) is 13.8. The van der Waals surface area contributed by atoms with Crippen LogP contribution < -0.4 is 14.2 Å². The van der Waals surface area contributed by atoms with E-state index in [-0.39, 0.29) is 52.0 Å². The predicted octanol–water partition coefficient (Wildman–Crippen LogP) is 2.21. The minimum absolute atomic E-state index is 0. The summed E-state index contributed by atoms with van der Waals surface area (Å²) in [6.45, 7) is 0. The fourth-order valence-electron chi connectivity index (χ4n) is 2.40. The Labute approximate surface area is 170 Å². The van der Waals surface area contributed by atoms with Crippen molar-refractivity contribution < 1.29 is 27.2 Å². The van der Waals surface area contributed by atoms with Crippen molar-refractivity contribution in [1.29, 1.82) is 0 Å². The number of hydrogen-bond acceptors (Lipinski definition) is 6. The van der Waals surface area contributed by atoms with E-state index in [4.69, 9.17) is 4.74 Å². The molecule has 0 bridgehead atoms. The molecular weight excluding hydrogens is 379 g/mol. The molecular formula is C15H11F2N3NaO4S. The third-order valence-corrected chi connectivity index (χ3v) is 4.68. The van der Waals surface area contributed by atoms with Gasteiger partial charge >= 0.3 is 6.29 Å². The summed E-state index contributed by atoms with van der Waals surface area (Å²) < 4.78 is 52.5. The standard InChI is InChI=1S/C15H11F2N3O4S.Na/c1-22-9-2-3-18-8(4-9)7-25(21)14-19-10-5-12-13(6-11(10)20-14)24-15(16,17)23-12;/h2-6H,7H2,1H3,(H,19,20);. The van der Waals surface area contributed by atoms with Crippen molar-refractivity contribution in [3.8, 4) is 17.2 Å². The summed E-state index contributed by atoms with van der Waals surface area (Å²) in [4.78, 5) is 11.2. The molecule has 1 aliphatic rings. The number of imidazole rings is 1. The van der Waals surface area contributed by atoms with Crippen LogP contribution in [0.3, 0.4) is 0 Å². The first-order valence-corrected chi connectivity index (χ1v) is 8.42. The Hall–Kier alpha value is -1.75. The molecule has 0 spiro atoms. The minimum atomic E-state index is -3.69. The van der Waals surface area contributed by atoms with Gasteiger partial charge in [0.25, 0.3) is 0 Å². The Morgan fingerprint density at radius 1 is 1.27 bits per heavy atom. The van der Waals surface area contributed by atoms with Crippen LogP contribution in [0.25, 0.3) is 11.0 Å². The first-order valence-electron chi connectivity index (χ1n) is 7.10. The molecule has 1 atom stereocenters. The molecule has 1 N–H and O–H groups in total. The van der Waals surface area contributed by atoms with Gasteiger partial charge in [-0.15, -0.1) is 8.78 Å². The molecule has 1 radical (unpaired) electrons. The Kier molecular flexibility index (Phi) is 5.20. The van der Waals surface area contributed by atoms with E-state index in [0.29, 0.717) is 22.5 Å². The average molecular weight is 390 g/mol. The maximum Gasteiger partial charge on any atom is 0.586 e. The predicted molar refractivity (Wildman–Crippen MR) is 89.0 cm³/mol. The third-order valence-electron chi connectivity index (χ3n) is 3.50. The Balaban J connectivity index is 0.00000196. The van der Waals surface area contributed by atoms with Crippen LogP contribution in [0.5, 0.6) is 17.2 Å². The van der Waals surface area contributed by atoms with Crippen LogP contribution >= 0.6 is 0 Å². The number of nitrogens with one attached hydrogen (secondary N) is 1. The Bertz CT molecular complexity index is 953. The number of aromatic nitrogens is 3. The van der Waals surface area contributed by atoms with Gasteiger partial charge < -0.3 is 19.2 Å². The van der Waals surface area contributed by atoms with Gasteiger partial charge in [0.2, 0.25) is 0 Å². The minimum Gasteiger partial charge on any atom is -0.497 e. The van der Waals surface area contributed by atoms with E-state index in [1.807, 2.05) is 0 Å². The van der Waals surface area contributed by atoms with Crippen molar-refractivity contribution >= 4 is 51.4 Å². The fourth-order valence-corrected chi connectivity index (χ4v) is 3.39. The summed E-state index contributed by atoms with van der Waals surface area (Å²) in [5.41, 5.74) is 1.34. The molecule has 3 heterocycles. The van der Waals surface area contributed by atoms with Crippen molar-refractivity contribution in [2.45, 2.75) is 17.2 Å². The van der Waals surface area contributed by atoms with Gasteiger partial charge in [-0.3, -0.25) is 9.19 Å². The van der Waals surface area contributed by atoms with Crippen molar-refractivity contribution in [3.05, 3.63) is 36.2 Å². The number of hydrogen-bond donors (Lipinski definition) is 1. The maximum absolute atomic E-state index is 13.1. The van der Waals surface area contributed by atoms with Gasteiger partial charge in [-0.25, -0.2) is 4.98 Å². The number of ether oxygens (including phenoxy) is 3. The van der Waals surface area contributed by atoms with E-state index < -0.39 is 17.1 Å². The zero-order chi connectivity index (χ0) is 17.6. The van der Waals surface area contributed by atoms with E-state index in [1.165, 1.54) is 19.2 Å². The summed E-state index contributed by atoms with van der Waals surface area (Å²) in [5, 5.41) is 0.204. The summed E-state index contributed by atoms with van der Waals surface area (Å²) in [6, 6.07) is 6.01. The smallest absolute Gasteiger partial charge is 0.497 e. The van der Waals surface area contributed by atoms with Gasteiger partial charge in [-0.1, -0.05) is 0 Å². The van der Waals surface area contributed by atoms with Gasteiger partial charge in [0, 0.05) is 54.0 Å². The molecule has 4 rings (SSSR count). The number of H-pyrrole nitrogens is 1. The molecule has 11 heteroatoms. The van der Waals surface area contributed by atoms with E-state index in [9.17, 15) is 13.0 Å². The summed E-state index contributed by atoms with van der Waals surface area (Å²) in [5.74, 6) is 0.518. The topological polar surface area (TPSA) is 86.3 Å². The van der Waals surface area contributed by atoms with Crippen molar-refractivity contribution in [2.24, 2.45) is 0 Å². The van der Waals surface area contributed by atoms with Gasteiger partial charge in [-0.05, 0) is 6.07 Å². The molecule has 131 valence electrons. The molecule has 26 heavy (non-hydrogen) atoms. The number of rotatable bonds is 4. The molecule has 2 aromatic heterocycles. The molecule has 0 saturated carbocycles. The number of halogens is 2. The van der Waals surface area contributed by atoms with Crippen LogP contribution in [0.2, 0.25) is 0 Å². The van der Waals surface area contributed by atoms with Crippen LogP contribution in [0.4, 0.5) is 8.78 Å². The summed E-state index contributed by atoms with van der Waals surface area (Å²) >= 11 is 0. The van der Waals surface area contributed by atoms with Crippen molar-refractivity contribution in [1.82, 2.24) is 15.0 Å². The number of pyridine rings is 1. The van der Waals surface area contributed by atoms with Gasteiger partial charge in [0.1, 0.15) is 5.75 Å². The monoisotopic (exact) mass is 390 g/mol.